The van der Waals surface area contributed by atoms with Crippen molar-refractivity contribution in [2.24, 2.45) is 0 Å². The Morgan fingerprint density at radius 3 is 2.64 bits per heavy atom. The van der Waals surface area contributed by atoms with E-state index in [1.165, 1.54) is 19.2 Å². The van der Waals surface area contributed by atoms with Gasteiger partial charge in [-0.25, -0.2) is 4.79 Å². The molecule has 0 aliphatic rings. The zero-order chi connectivity index (χ0) is 8.69. The summed E-state index contributed by atoms with van der Waals surface area (Å²) in [6.07, 6.45) is 3.97. The molecule has 0 aromatic rings. The summed E-state index contributed by atoms with van der Waals surface area (Å²) in [6.45, 7) is 6.89. The Labute approximate surface area is 67.5 Å². The minimum absolute atomic E-state index is 0. The number of amides is 1. The second kappa shape index (κ2) is 5.29. The van der Waals surface area contributed by atoms with Crippen molar-refractivity contribution in [2.45, 2.75) is 0 Å². The van der Waals surface area contributed by atoms with Crippen LogP contribution in [-0.2, 0) is 4.74 Å². The van der Waals surface area contributed by atoms with Gasteiger partial charge in [-0.3, -0.25) is 0 Å². The molecular formula is C8H13NO2. The molecule has 1 N–H and O–H groups in total. The van der Waals surface area contributed by atoms with Gasteiger partial charge in [-0.1, -0.05) is 19.2 Å². The first kappa shape index (κ1) is 9.49. The average Bonchev–Trinajstić information content (AvgIpc) is 2.03. The number of carbonyl (C=O) groups is 1. The van der Waals surface area contributed by atoms with Gasteiger partial charge in [0.05, 0.1) is 0 Å². The van der Waals surface area contributed by atoms with Gasteiger partial charge in [0.1, 0.15) is 5.76 Å². The van der Waals surface area contributed by atoms with Gasteiger partial charge in [0, 0.05) is 8.47 Å². The largest absolute Gasteiger partial charge is 0.412 e. The van der Waals surface area contributed by atoms with E-state index in [9.17, 15) is 4.79 Å². The molecule has 0 bridgehead atoms. The van der Waals surface area contributed by atoms with E-state index in [-0.39, 0.29) is 1.43 Å². The SMILES string of the molecule is C=C/C=C(\C=C)OC(=O)NC.[HH]. The Morgan fingerprint density at radius 2 is 2.27 bits per heavy atom. The lowest BCUT2D eigenvalue weighted by Crippen LogP contribution is -2.18. The number of rotatable bonds is 3. The minimum atomic E-state index is -0.516. The van der Waals surface area contributed by atoms with E-state index in [1.54, 1.807) is 6.08 Å². The molecule has 0 rings (SSSR count). The summed E-state index contributed by atoms with van der Waals surface area (Å²) in [6, 6.07) is 0. The highest BCUT2D eigenvalue weighted by Gasteiger charge is 1.98. The number of hydrogen-bond acceptors (Lipinski definition) is 2. The third-order valence-electron chi connectivity index (χ3n) is 0.898. The normalized spacial score (nSPS) is 10.1. The molecular weight excluding hydrogens is 142 g/mol. The molecule has 62 valence electrons. The average molecular weight is 155 g/mol. The predicted octanol–water partition coefficient (Wildman–Crippen LogP) is 1.84. The number of nitrogens with one attached hydrogen (secondary N) is 1. The van der Waals surface area contributed by atoms with Crippen LogP contribution in [0, 0.1) is 0 Å². The molecule has 0 radical (unpaired) electrons. The molecule has 0 heterocycles. The molecule has 0 aromatic heterocycles. The first-order valence-corrected chi connectivity index (χ1v) is 3.09. The summed E-state index contributed by atoms with van der Waals surface area (Å²) in [4.78, 5) is 10.6. The van der Waals surface area contributed by atoms with Crippen LogP contribution in [0.3, 0.4) is 0 Å². The second-order valence-corrected chi connectivity index (χ2v) is 1.65. The van der Waals surface area contributed by atoms with Gasteiger partial charge in [0.2, 0.25) is 0 Å². The number of allylic oxidation sites excluding steroid dienone is 3. The van der Waals surface area contributed by atoms with Crippen molar-refractivity contribution in [1.29, 1.82) is 0 Å². The van der Waals surface area contributed by atoms with Crippen LogP contribution in [-0.4, -0.2) is 13.1 Å². The van der Waals surface area contributed by atoms with Gasteiger partial charge >= 0.3 is 6.09 Å². The molecule has 0 unspecified atom stereocenters. The highest BCUT2D eigenvalue weighted by molar-refractivity contribution is 5.68. The second-order valence-electron chi connectivity index (χ2n) is 1.65. The smallest absolute Gasteiger partial charge is 0.410 e. The maximum Gasteiger partial charge on any atom is 0.412 e. The number of hydrogen-bond donors (Lipinski definition) is 1. The van der Waals surface area contributed by atoms with Crippen molar-refractivity contribution in [3.8, 4) is 0 Å². The first-order chi connectivity index (χ1) is 5.24. The zero-order valence-electron chi connectivity index (χ0n) is 6.46. The molecule has 0 spiro atoms. The van der Waals surface area contributed by atoms with E-state index in [4.69, 9.17) is 4.74 Å². The summed E-state index contributed by atoms with van der Waals surface area (Å²) in [5, 5.41) is 2.30. The van der Waals surface area contributed by atoms with Crippen LogP contribution >= 0.6 is 0 Å². The minimum Gasteiger partial charge on any atom is -0.410 e. The summed E-state index contributed by atoms with van der Waals surface area (Å²) >= 11 is 0. The van der Waals surface area contributed by atoms with Crippen LogP contribution in [0.4, 0.5) is 4.79 Å². The Morgan fingerprint density at radius 1 is 1.64 bits per heavy atom. The summed E-state index contributed by atoms with van der Waals surface area (Å²) < 4.78 is 4.71. The van der Waals surface area contributed by atoms with Gasteiger partial charge in [-0.2, -0.15) is 0 Å². The van der Waals surface area contributed by atoms with Crippen LogP contribution < -0.4 is 5.32 Å². The van der Waals surface area contributed by atoms with Crippen molar-refractivity contribution in [2.75, 3.05) is 7.05 Å². The first-order valence-electron chi connectivity index (χ1n) is 3.09. The van der Waals surface area contributed by atoms with Gasteiger partial charge < -0.3 is 10.1 Å². The van der Waals surface area contributed by atoms with Gasteiger partial charge in [0.25, 0.3) is 0 Å². The topological polar surface area (TPSA) is 38.3 Å². The molecule has 0 saturated carbocycles. The lowest BCUT2D eigenvalue weighted by molar-refractivity contribution is 0.181. The Balaban J connectivity index is 0. The molecule has 0 fully saturated rings. The third kappa shape index (κ3) is 3.97. The Hall–Kier alpha value is -1.51. The van der Waals surface area contributed by atoms with E-state index < -0.39 is 6.09 Å². The molecule has 3 nitrogen and oxygen atoms in total. The van der Waals surface area contributed by atoms with Crippen LogP contribution in [0.25, 0.3) is 0 Å². The summed E-state index contributed by atoms with van der Waals surface area (Å²) in [5.41, 5.74) is 0. The zero-order valence-corrected chi connectivity index (χ0v) is 6.46. The molecule has 11 heavy (non-hydrogen) atoms. The molecule has 3 heteroatoms. The number of ether oxygens (including phenoxy) is 1. The molecule has 0 aromatic carbocycles. The highest BCUT2D eigenvalue weighted by atomic mass is 16.6. The fraction of sp³-hybridized carbons (Fsp3) is 0.125. The van der Waals surface area contributed by atoms with E-state index in [1.807, 2.05) is 0 Å². The highest BCUT2D eigenvalue weighted by Crippen LogP contribution is 1.98. The maximum atomic E-state index is 10.6. The van der Waals surface area contributed by atoms with Crippen molar-refractivity contribution in [3.63, 3.8) is 0 Å². The Bertz CT molecular complexity index is 199. The van der Waals surface area contributed by atoms with Gasteiger partial charge in [0.15, 0.2) is 0 Å². The van der Waals surface area contributed by atoms with Gasteiger partial charge in [-0.05, 0) is 12.2 Å². The molecule has 0 atom stereocenters. The molecule has 0 aliphatic heterocycles. The van der Waals surface area contributed by atoms with E-state index in [0.717, 1.165) is 0 Å². The standard InChI is InChI=1S/C8H11NO2.H2/c1-4-6-7(5-2)11-8(10)9-3;/h4-6H,1-2H2,3H3,(H,9,10);1H/b7-6+;. The molecule has 0 aliphatic carbocycles. The lowest BCUT2D eigenvalue weighted by atomic mass is 10.4. The number of alkyl carbamates (subject to hydrolysis) is 1. The van der Waals surface area contributed by atoms with Crippen molar-refractivity contribution < 1.29 is 11.0 Å². The van der Waals surface area contributed by atoms with Crippen LogP contribution in [0.5, 0.6) is 0 Å². The fourth-order valence-electron chi connectivity index (χ4n) is 0.418. The van der Waals surface area contributed by atoms with Crippen LogP contribution in [0.15, 0.2) is 37.1 Å². The fourth-order valence-corrected chi connectivity index (χ4v) is 0.418. The van der Waals surface area contributed by atoms with Crippen molar-refractivity contribution >= 4 is 6.09 Å². The summed E-state index contributed by atoms with van der Waals surface area (Å²) in [5.74, 6) is 0.374. The number of carbonyl (C=O) groups excluding carboxylic acids is 1. The van der Waals surface area contributed by atoms with Gasteiger partial charge in [-0.15, -0.1) is 0 Å². The van der Waals surface area contributed by atoms with Crippen LogP contribution in [0.1, 0.15) is 1.43 Å². The summed E-state index contributed by atoms with van der Waals surface area (Å²) in [7, 11) is 1.48. The monoisotopic (exact) mass is 155 g/mol. The van der Waals surface area contributed by atoms with Crippen molar-refractivity contribution in [1.82, 2.24) is 5.32 Å². The maximum absolute atomic E-state index is 10.6. The molecule has 0 saturated heterocycles. The quantitative estimate of drug-likeness (QED) is 0.499. The van der Waals surface area contributed by atoms with E-state index in [0.29, 0.717) is 5.76 Å². The van der Waals surface area contributed by atoms with E-state index in [2.05, 4.69) is 18.5 Å². The third-order valence-corrected chi connectivity index (χ3v) is 0.898. The van der Waals surface area contributed by atoms with E-state index >= 15 is 0 Å². The predicted molar refractivity (Wildman–Crippen MR) is 46.1 cm³/mol. The van der Waals surface area contributed by atoms with Crippen molar-refractivity contribution in [3.05, 3.63) is 37.1 Å². The molecule has 1 amide bonds. The van der Waals surface area contributed by atoms with Crippen LogP contribution in [0.2, 0.25) is 0 Å². The Kier molecular flexibility index (Phi) is 4.56. The lowest BCUT2D eigenvalue weighted by Gasteiger charge is -2.01.